The lowest BCUT2D eigenvalue weighted by Gasteiger charge is -2.14. The number of hydrogen-bond acceptors (Lipinski definition) is 2. The van der Waals surface area contributed by atoms with Crippen LogP contribution < -0.4 is 5.32 Å². The van der Waals surface area contributed by atoms with Crippen molar-refractivity contribution in [3.05, 3.63) is 29.3 Å². The average Bonchev–Trinajstić information content (AvgIpc) is 2.19. The molecular weight excluding hydrogens is 231 g/mol. The monoisotopic (exact) mass is 247 g/mol. The summed E-state index contributed by atoms with van der Waals surface area (Å²) in [5, 5.41) is 12.3. The number of halogens is 3. The molecule has 0 saturated heterocycles. The molecule has 0 radical (unpaired) electrons. The zero-order chi connectivity index (χ0) is 13.1. The summed E-state index contributed by atoms with van der Waals surface area (Å²) in [5.41, 5.74) is -0.415. The van der Waals surface area contributed by atoms with Gasteiger partial charge in [-0.05, 0) is 37.6 Å². The second kappa shape index (κ2) is 5.40. The fourth-order valence-electron chi connectivity index (χ4n) is 1.71. The number of rotatable bonds is 4. The Balaban J connectivity index is 2.89. The van der Waals surface area contributed by atoms with Crippen LogP contribution in [0.3, 0.4) is 0 Å². The van der Waals surface area contributed by atoms with Crippen molar-refractivity contribution in [1.29, 1.82) is 0 Å². The third-order valence-electron chi connectivity index (χ3n) is 2.46. The number of benzene rings is 1. The Bertz CT molecular complexity index is 377. The highest BCUT2D eigenvalue weighted by atomic mass is 19.4. The SMILES string of the molecule is CCNC(C)Cc1ccc(O)c(C(F)(F)F)c1. The number of phenolic OH excluding ortho intramolecular Hbond substituents is 1. The van der Waals surface area contributed by atoms with Gasteiger partial charge in [-0.25, -0.2) is 0 Å². The smallest absolute Gasteiger partial charge is 0.419 e. The van der Waals surface area contributed by atoms with Crippen molar-refractivity contribution >= 4 is 0 Å². The van der Waals surface area contributed by atoms with Gasteiger partial charge in [0.25, 0.3) is 0 Å². The fourth-order valence-corrected chi connectivity index (χ4v) is 1.71. The first-order valence-corrected chi connectivity index (χ1v) is 5.47. The van der Waals surface area contributed by atoms with E-state index in [1.54, 1.807) is 0 Å². The van der Waals surface area contributed by atoms with Crippen LogP contribution >= 0.6 is 0 Å². The summed E-state index contributed by atoms with van der Waals surface area (Å²) in [6.45, 7) is 4.61. The molecule has 0 saturated carbocycles. The Morgan fingerprint density at radius 1 is 1.35 bits per heavy atom. The zero-order valence-electron chi connectivity index (χ0n) is 9.80. The first-order chi connectivity index (χ1) is 7.84. The van der Waals surface area contributed by atoms with Crippen LogP contribution in [-0.4, -0.2) is 17.7 Å². The van der Waals surface area contributed by atoms with E-state index in [9.17, 15) is 18.3 Å². The van der Waals surface area contributed by atoms with Gasteiger partial charge in [0.15, 0.2) is 0 Å². The van der Waals surface area contributed by atoms with Gasteiger partial charge < -0.3 is 10.4 Å². The van der Waals surface area contributed by atoms with Crippen LogP contribution in [0.5, 0.6) is 5.75 Å². The van der Waals surface area contributed by atoms with E-state index in [0.717, 1.165) is 18.7 Å². The predicted molar refractivity (Wildman–Crippen MR) is 60.0 cm³/mol. The number of alkyl halides is 3. The van der Waals surface area contributed by atoms with Gasteiger partial charge in [0, 0.05) is 6.04 Å². The van der Waals surface area contributed by atoms with E-state index >= 15 is 0 Å². The van der Waals surface area contributed by atoms with Gasteiger partial charge in [-0.1, -0.05) is 13.0 Å². The minimum Gasteiger partial charge on any atom is -0.507 e. The van der Waals surface area contributed by atoms with E-state index in [4.69, 9.17) is 0 Å². The number of phenols is 1. The largest absolute Gasteiger partial charge is 0.507 e. The Morgan fingerprint density at radius 3 is 2.53 bits per heavy atom. The molecule has 1 atom stereocenters. The van der Waals surface area contributed by atoms with Crippen molar-refractivity contribution in [1.82, 2.24) is 5.32 Å². The van der Waals surface area contributed by atoms with E-state index in [0.29, 0.717) is 12.0 Å². The molecule has 0 heterocycles. The Labute approximate surface area is 98.5 Å². The third-order valence-corrected chi connectivity index (χ3v) is 2.46. The minimum atomic E-state index is -4.51. The lowest BCUT2D eigenvalue weighted by atomic mass is 10.0. The molecule has 1 unspecified atom stereocenters. The first kappa shape index (κ1) is 13.8. The van der Waals surface area contributed by atoms with Gasteiger partial charge >= 0.3 is 6.18 Å². The van der Waals surface area contributed by atoms with Crippen molar-refractivity contribution < 1.29 is 18.3 Å². The molecule has 0 aromatic heterocycles. The molecule has 0 aliphatic rings. The van der Waals surface area contributed by atoms with Crippen LogP contribution in [-0.2, 0) is 12.6 Å². The maximum Gasteiger partial charge on any atom is 0.419 e. The predicted octanol–water partition coefficient (Wildman–Crippen LogP) is 2.95. The molecule has 1 aromatic rings. The summed E-state index contributed by atoms with van der Waals surface area (Å²) in [5.74, 6) is -0.725. The summed E-state index contributed by atoms with van der Waals surface area (Å²) in [7, 11) is 0. The molecule has 1 aromatic carbocycles. The topological polar surface area (TPSA) is 32.3 Å². The molecule has 1 rings (SSSR count). The van der Waals surface area contributed by atoms with Crippen molar-refractivity contribution in [2.24, 2.45) is 0 Å². The molecule has 0 spiro atoms. The highest BCUT2D eigenvalue weighted by molar-refractivity contribution is 5.38. The summed E-state index contributed by atoms with van der Waals surface area (Å²) in [6, 6.07) is 3.71. The number of likely N-dealkylation sites (N-methyl/N-ethyl adjacent to an activating group) is 1. The molecule has 0 fully saturated rings. The number of nitrogens with one attached hydrogen (secondary N) is 1. The van der Waals surface area contributed by atoms with Crippen molar-refractivity contribution in [3.8, 4) is 5.75 Å². The van der Waals surface area contributed by atoms with E-state index in [2.05, 4.69) is 5.32 Å². The van der Waals surface area contributed by atoms with Gasteiger partial charge in [0.1, 0.15) is 5.75 Å². The van der Waals surface area contributed by atoms with Crippen LogP contribution in [0.25, 0.3) is 0 Å². The quantitative estimate of drug-likeness (QED) is 0.857. The normalized spacial score (nSPS) is 13.7. The van der Waals surface area contributed by atoms with E-state index in [-0.39, 0.29) is 6.04 Å². The lowest BCUT2D eigenvalue weighted by molar-refractivity contribution is -0.138. The number of aromatic hydroxyl groups is 1. The lowest BCUT2D eigenvalue weighted by Crippen LogP contribution is -2.27. The zero-order valence-corrected chi connectivity index (χ0v) is 9.80. The van der Waals surface area contributed by atoms with Crippen LogP contribution in [0.1, 0.15) is 25.0 Å². The van der Waals surface area contributed by atoms with Gasteiger partial charge in [0.2, 0.25) is 0 Å². The molecule has 0 bridgehead atoms. The van der Waals surface area contributed by atoms with Gasteiger partial charge in [-0.3, -0.25) is 0 Å². The van der Waals surface area contributed by atoms with E-state index in [1.807, 2.05) is 13.8 Å². The average molecular weight is 247 g/mol. The Morgan fingerprint density at radius 2 is 2.00 bits per heavy atom. The van der Waals surface area contributed by atoms with E-state index < -0.39 is 17.5 Å². The maximum absolute atomic E-state index is 12.5. The summed E-state index contributed by atoms with van der Waals surface area (Å²) >= 11 is 0. The fraction of sp³-hybridized carbons (Fsp3) is 0.500. The minimum absolute atomic E-state index is 0.102. The number of hydrogen-bond donors (Lipinski definition) is 2. The summed E-state index contributed by atoms with van der Waals surface area (Å²) in [4.78, 5) is 0. The molecule has 0 aliphatic carbocycles. The van der Waals surface area contributed by atoms with Gasteiger partial charge in [0.05, 0.1) is 5.56 Å². The third kappa shape index (κ3) is 3.93. The molecular formula is C12H16F3NO. The highest BCUT2D eigenvalue weighted by Crippen LogP contribution is 2.36. The van der Waals surface area contributed by atoms with Gasteiger partial charge in [-0.15, -0.1) is 0 Å². The summed E-state index contributed by atoms with van der Waals surface area (Å²) < 4.78 is 37.6. The second-order valence-corrected chi connectivity index (χ2v) is 4.01. The molecule has 2 N–H and O–H groups in total. The second-order valence-electron chi connectivity index (χ2n) is 4.01. The van der Waals surface area contributed by atoms with Crippen LogP contribution in [0.4, 0.5) is 13.2 Å². The summed E-state index contributed by atoms with van der Waals surface area (Å²) in [6.07, 6.45) is -4.02. The van der Waals surface area contributed by atoms with Crippen LogP contribution in [0, 0.1) is 0 Å². The van der Waals surface area contributed by atoms with Crippen molar-refractivity contribution in [2.75, 3.05) is 6.54 Å². The maximum atomic E-state index is 12.5. The molecule has 0 amide bonds. The van der Waals surface area contributed by atoms with Crippen LogP contribution in [0.15, 0.2) is 18.2 Å². The molecule has 0 aliphatic heterocycles. The van der Waals surface area contributed by atoms with Crippen molar-refractivity contribution in [2.45, 2.75) is 32.5 Å². The van der Waals surface area contributed by atoms with Gasteiger partial charge in [-0.2, -0.15) is 13.2 Å². The standard InChI is InChI=1S/C12H16F3NO/c1-3-16-8(2)6-9-4-5-11(17)10(7-9)12(13,14)15/h4-5,7-8,16-17H,3,6H2,1-2H3. The highest BCUT2D eigenvalue weighted by Gasteiger charge is 2.33. The van der Waals surface area contributed by atoms with E-state index in [1.165, 1.54) is 6.07 Å². The first-order valence-electron chi connectivity index (χ1n) is 5.47. The molecule has 2 nitrogen and oxygen atoms in total. The van der Waals surface area contributed by atoms with Crippen molar-refractivity contribution in [3.63, 3.8) is 0 Å². The van der Waals surface area contributed by atoms with Crippen LogP contribution in [0.2, 0.25) is 0 Å². The molecule has 96 valence electrons. The molecule has 17 heavy (non-hydrogen) atoms. The Kier molecular flexibility index (Phi) is 4.40. The molecule has 5 heteroatoms. The Hall–Kier alpha value is -1.23.